The van der Waals surface area contributed by atoms with Crippen molar-refractivity contribution in [2.75, 3.05) is 0 Å². The fourth-order valence-electron chi connectivity index (χ4n) is 3.28. The first-order valence-electron chi connectivity index (χ1n) is 7.24. The molecule has 1 heterocycles. The molecule has 98 valence electrons. The van der Waals surface area contributed by atoms with Crippen LogP contribution in [0, 0.1) is 5.92 Å². The van der Waals surface area contributed by atoms with Crippen molar-refractivity contribution in [1.82, 2.24) is 0 Å². The van der Waals surface area contributed by atoms with E-state index in [1.54, 1.807) is 0 Å². The van der Waals surface area contributed by atoms with Gasteiger partial charge in [-0.2, -0.15) is 0 Å². The highest BCUT2D eigenvalue weighted by Gasteiger charge is 2.23. The van der Waals surface area contributed by atoms with Gasteiger partial charge in [-0.1, -0.05) is 19.3 Å². The molecule has 0 amide bonds. The van der Waals surface area contributed by atoms with Crippen molar-refractivity contribution >= 4 is 17.2 Å². The van der Waals surface area contributed by atoms with Gasteiger partial charge in [-0.25, -0.2) is 0 Å². The molecule has 0 aliphatic heterocycles. The van der Waals surface area contributed by atoms with E-state index in [0.717, 1.165) is 5.84 Å². The van der Waals surface area contributed by atoms with E-state index >= 15 is 0 Å². The van der Waals surface area contributed by atoms with Gasteiger partial charge in [0.2, 0.25) is 0 Å². The van der Waals surface area contributed by atoms with Gasteiger partial charge in [0.1, 0.15) is 0 Å². The third-order valence-electron chi connectivity index (χ3n) is 4.35. The van der Waals surface area contributed by atoms with Crippen LogP contribution in [0.4, 0.5) is 0 Å². The Morgan fingerprint density at radius 3 is 2.83 bits per heavy atom. The molecule has 2 N–H and O–H groups in total. The quantitative estimate of drug-likeness (QED) is 0.633. The van der Waals surface area contributed by atoms with Gasteiger partial charge in [0.05, 0.1) is 11.9 Å². The molecule has 3 heteroatoms. The fraction of sp³-hybridized carbons (Fsp3) is 0.667. The summed E-state index contributed by atoms with van der Waals surface area (Å²) in [5.74, 6) is 1.49. The van der Waals surface area contributed by atoms with Crippen LogP contribution in [0.15, 0.2) is 16.4 Å². The van der Waals surface area contributed by atoms with Crippen LogP contribution in [0.25, 0.3) is 0 Å². The third kappa shape index (κ3) is 2.46. The van der Waals surface area contributed by atoms with Crippen molar-refractivity contribution < 1.29 is 0 Å². The molecule has 1 atom stereocenters. The monoisotopic (exact) mass is 262 g/mol. The number of thiophene rings is 1. The van der Waals surface area contributed by atoms with Crippen molar-refractivity contribution in [1.29, 1.82) is 0 Å². The van der Waals surface area contributed by atoms with Crippen LogP contribution in [0.3, 0.4) is 0 Å². The molecule has 0 radical (unpaired) electrons. The number of aliphatic imine (C=N–C) groups is 1. The summed E-state index contributed by atoms with van der Waals surface area (Å²) in [5.41, 5.74) is 7.71. The fourth-order valence-corrected chi connectivity index (χ4v) is 4.26. The molecule has 0 saturated heterocycles. The predicted octanol–water partition coefficient (Wildman–Crippen LogP) is 4.06. The minimum absolute atomic E-state index is 0.349. The van der Waals surface area contributed by atoms with Crippen molar-refractivity contribution in [2.45, 2.75) is 57.4 Å². The Kier molecular flexibility index (Phi) is 3.69. The summed E-state index contributed by atoms with van der Waals surface area (Å²) < 4.78 is 0. The average molecular weight is 262 g/mol. The molecule has 2 aliphatic rings. The Morgan fingerprint density at radius 1 is 1.17 bits per heavy atom. The number of nitrogens with zero attached hydrogens (tertiary/aromatic N) is 1. The van der Waals surface area contributed by atoms with E-state index in [0.29, 0.717) is 12.0 Å². The molecule has 1 aromatic rings. The van der Waals surface area contributed by atoms with Crippen molar-refractivity contribution in [3.8, 4) is 0 Å². The zero-order valence-electron chi connectivity index (χ0n) is 10.9. The molecule has 1 fully saturated rings. The Balaban J connectivity index is 1.76. The molecule has 2 nitrogen and oxygen atoms in total. The van der Waals surface area contributed by atoms with E-state index in [1.165, 1.54) is 61.8 Å². The van der Waals surface area contributed by atoms with Gasteiger partial charge >= 0.3 is 0 Å². The van der Waals surface area contributed by atoms with E-state index in [2.05, 4.69) is 11.4 Å². The summed E-state index contributed by atoms with van der Waals surface area (Å²) in [5, 5.41) is 2.20. The highest BCUT2D eigenvalue weighted by molar-refractivity contribution is 7.10. The molecule has 18 heavy (non-hydrogen) atoms. The topological polar surface area (TPSA) is 38.4 Å². The number of aryl methyl sites for hydroxylation is 1. The summed E-state index contributed by atoms with van der Waals surface area (Å²) in [6.07, 6.45) is 10.2. The Hall–Kier alpha value is -0.830. The number of nitrogens with two attached hydrogens (primary N) is 1. The van der Waals surface area contributed by atoms with Crippen LogP contribution in [-0.2, 0) is 6.42 Å². The van der Waals surface area contributed by atoms with E-state index in [4.69, 9.17) is 10.7 Å². The maximum Gasteiger partial charge on any atom is 0.0976 e. The first kappa shape index (κ1) is 12.2. The second-order valence-electron chi connectivity index (χ2n) is 5.60. The van der Waals surface area contributed by atoms with E-state index in [1.807, 2.05) is 11.3 Å². The lowest BCUT2D eigenvalue weighted by atomic mass is 9.88. The predicted molar refractivity (Wildman–Crippen MR) is 78.2 cm³/mol. The maximum absolute atomic E-state index is 6.26. The van der Waals surface area contributed by atoms with E-state index in [-0.39, 0.29) is 0 Å². The summed E-state index contributed by atoms with van der Waals surface area (Å²) in [6, 6.07) is 2.60. The molecule has 0 bridgehead atoms. The Bertz CT molecular complexity index is 429. The SMILES string of the molecule is NC(=NC1CCCc2sccc21)C1CCCCC1. The minimum atomic E-state index is 0.349. The second-order valence-corrected chi connectivity index (χ2v) is 6.60. The number of rotatable bonds is 2. The standard InChI is InChI=1S/C15H22N2S/c16-15(11-5-2-1-3-6-11)17-13-7-4-8-14-12(13)9-10-18-14/h9-11,13H,1-8H2,(H2,16,17). The summed E-state index contributed by atoms with van der Waals surface area (Å²) >= 11 is 1.88. The first-order valence-corrected chi connectivity index (χ1v) is 8.12. The average Bonchev–Trinajstić information content (AvgIpc) is 2.89. The van der Waals surface area contributed by atoms with Crippen LogP contribution in [0.5, 0.6) is 0 Å². The zero-order chi connectivity index (χ0) is 12.4. The van der Waals surface area contributed by atoms with Gasteiger partial charge in [0, 0.05) is 10.8 Å². The smallest absolute Gasteiger partial charge is 0.0976 e. The molecular formula is C15H22N2S. The molecule has 1 aromatic heterocycles. The van der Waals surface area contributed by atoms with Crippen molar-refractivity contribution in [3.63, 3.8) is 0 Å². The minimum Gasteiger partial charge on any atom is -0.387 e. The van der Waals surface area contributed by atoms with Gasteiger partial charge in [-0.05, 0) is 49.1 Å². The highest BCUT2D eigenvalue weighted by Crippen LogP contribution is 2.36. The van der Waals surface area contributed by atoms with Crippen molar-refractivity contribution in [2.24, 2.45) is 16.6 Å². The zero-order valence-corrected chi connectivity index (χ0v) is 11.7. The lowest BCUT2D eigenvalue weighted by Gasteiger charge is -2.24. The van der Waals surface area contributed by atoms with Gasteiger partial charge in [0.15, 0.2) is 0 Å². The number of fused-ring (bicyclic) bond motifs is 1. The summed E-state index contributed by atoms with van der Waals surface area (Å²) in [6.45, 7) is 0. The largest absolute Gasteiger partial charge is 0.387 e. The first-order chi connectivity index (χ1) is 8.84. The summed E-state index contributed by atoms with van der Waals surface area (Å²) in [7, 11) is 0. The number of hydrogen-bond donors (Lipinski definition) is 1. The second kappa shape index (κ2) is 5.43. The molecule has 0 aromatic carbocycles. The van der Waals surface area contributed by atoms with E-state index in [9.17, 15) is 0 Å². The molecule has 2 aliphatic carbocycles. The normalized spacial score (nSPS) is 26.0. The number of amidine groups is 1. The van der Waals surface area contributed by atoms with Gasteiger partial charge < -0.3 is 5.73 Å². The van der Waals surface area contributed by atoms with Crippen LogP contribution in [0.1, 0.15) is 61.4 Å². The van der Waals surface area contributed by atoms with Crippen LogP contribution in [-0.4, -0.2) is 5.84 Å². The van der Waals surface area contributed by atoms with Gasteiger partial charge in [-0.3, -0.25) is 4.99 Å². The Morgan fingerprint density at radius 2 is 2.00 bits per heavy atom. The highest BCUT2D eigenvalue weighted by atomic mass is 32.1. The van der Waals surface area contributed by atoms with Gasteiger partial charge in [0.25, 0.3) is 0 Å². The maximum atomic E-state index is 6.26. The van der Waals surface area contributed by atoms with Crippen LogP contribution < -0.4 is 5.73 Å². The molecule has 1 saturated carbocycles. The van der Waals surface area contributed by atoms with Crippen molar-refractivity contribution in [3.05, 3.63) is 21.9 Å². The molecule has 0 spiro atoms. The summed E-state index contributed by atoms with van der Waals surface area (Å²) in [4.78, 5) is 6.41. The van der Waals surface area contributed by atoms with E-state index < -0.39 is 0 Å². The third-order valence-corrected chi connectivity index (χ3v) is 5.35. The van der Waals surface area contributed by atoms with Crippen LogP contribution >= 0.6 is 11.3 Å². The lowest BCUT2D eigenvalue weighted by molar-refractivity contribution is 0.433. The molecule has 1 unspecified atom stereocenters. The van der Waals surface area contributed by atoms with Gasteiger partial charge in [-0.15, -0.1) is 11.3 Å². The Labute approximate surface area is 113 Å². The number of hydrogen-bond acceptors (Lipinski definition) is 2. The van der Waals surface area contributed by atoms with Crippen LogP contribution in [0.2, 0.25) is 0 Å². The molecule has 3 rings (SSSR count). The lowest BCUT2D eigenvalue weighted by Crippen LogP contribution is -2.27. The molecular weight excluding hydrogens is 240 g/mol.